The maximum absolute atomic E-state index is 12.9. The molecule has 3 rings (SSSR count). The number of nitrogens with zero attached hydrogens (tertiary/aromatic N) is 2. The topological polar surface area (TPSA) is 51.5 Å². The molecule has 1 aromatic carbocycles. The Hall–Kier alpha value is -2.14. The summed E-state index contributed by atoms with van der Waals surface area (Å²) in [6.45, 7) is 6.78. The maximum atomic E-state index is 12.9. The van der Waals surface area contributed by atoms with Crippen LogP contribution in [-0.2, 0) is 11.3 Å². The zero-order valence-electron chi connectivity index (χ0n) is 13.7. The quantitative estimate of drug-likeness (QED) is 0.872. The van der Waals surface area contributed by atoms with Crippen molar-refractivity contribution in [1.29, 1.82) is 0 Å². The summed E-state index contributed by atoms with van der Waals surface area (Å²) in [5.74, 6) is -0.0821. The number of aromatic nitrogens is 1. The molecule has 0 unspecified atom stereocenters. The number of benzene rings is 1. The van der Waals surface area contributed by atoms with Crippen LogP contribution in [0.25, 0.3) is 10.8 Å². The predicted octanol–water partition coefficient (Wildman–Crippen LogP) is 2.19. The Morgan fingerprint density at radius 2 is 1.96 bits per heavy atom. The predicted molar refractivity (Wildman–Crippen MR) is 90.0 cm³/mol. The van der Waals surface area contributed by atoms with Gasteiger partial charge in [-0.2, -0.15) is 0 Å². The van der Waals surface area contributed by atoms with Crippen LogP contribution in [0.4, 0.5) is 0 Å². The van der Waals surface area contributed by atoms with Crippen LogP contribution in [0.5, 0.6) is 0 Å². The summed E-state index contributed by atoms with van der Waals surface area (Å²) in [6.07, 6.45) is 0.806. The van der Waals surface area contributed by atoms with E-state index in [2.05, 4.69) is 0 Å². The van der Waals surface area contributed by atoms with E-state index in [1.807, 2.05) is 38.1 Å². The molecule has 1 aliphatic rings. The number of aryl methyl sites for hydroxylation is 1. The molecule has 0 aliphatic carbocycles. The molecule has 0 bridgehead atoms. The van der Waals surface area contributed by atoms with Crippen molar-refractivity contribution in [3.63, 3.8) is 0 Å². The Morgan fingerprint density at radius 1 is 1.22 bits per heavy atom. The van der Waals surface area contributed by atoms with E-state index >= 15 is 0 Å². The van der Waals surface area contributed by atoms with Crippen molar-refractivity contribution in [1.82, 2.24) is 9.47 Å². The van der Waals surface area contributed by atoms with Gasteiger partial charge < -0.3 is 14.2 Å². The number of fused-ring (bicyclic) bond motifs is 1. The molecule has 1 fully saturated rings. The molecule has 5 nitrogen and oxygen atoms in total. The standard InChI is InChI=1S/C18H22N2O3/c1-3-6-20-16(18(22)19-7-9-23-10-8-19)12-14-5-4-13(2)11-15(14)17(20)21/h4-5,11-12H,3,6-10H2,1-2H3. The molecule has 1 amide bonds. The molecule has 0 N–H and O–H groups in total. The van der Waals surface area contributed by atoms with Gasteiger partial charge >= 0.3 is 0 Å². The van der Waals surface area contributed by atoms with E-state index in [9.17, 15) is 9.59 Å². The van der Waals surface area contributed by atoms with Gasteiger partial charge in [-0.15, -0.1) is 0 Å². The van der Waals surface area contributed by atoms with E-state index in [1.165, 1.54) is 0 Å². The monoisotopic (exact) mass is 314 g/mol. The van der Waals surface area contributed by atoms with E-state index in [0.717, 1.165) is 17.4 Å². The van der Waals surface area contributed by atoms with Gasteiger partial charge in [0.25, 0.3) is 11.5 Å². The van der Waals surface area contributed by atoms with Gasteiger partial charge in [0.15, 0.2) is 0 Å². The smallest absolute Gasteiger partial charge is 0.270 e. The second-order valence-corrected chi connectivity index (χ2v) is 5.98. The minimum atomic E-state index is -0.0821. The SMILES string of the molecule is CCCn1c(C(=O)N2CCOCC2)cc2ccc(C)cc2c1=O. The van der Waals surface area contributed by atoms with Crippen molar-refractivity contribution in [3.05, 3.63) is 45.9 Å². The van der Waals surface area contributed by atoms with Crippen molar-refractivity contribution in [2.24, 2.45) is 0 Å². The molecule has 1 aliphatic heterocycles. The second kappa shape index (κ2) is 6.54. The fourth-order valence-corrected chi connectivity index (χ4v) is 3.01. The first-order valence-electron chi connectivity index (χ1n) is 8.13. The minimum Gasteiger partial charge on any atom is -0.378 e. The fraction of sp³-hybridized carbons (Fsp3) is 0.444. The summed E-state index contributed by atoms with van der Waals surface area (Å²) in [5.41, 5.74) is 1.45. The summed E-state index contributed by atoms with van der Waals surface area (Å²) in [4.78, 5) is 27.5. The molecule has 1 aromatic heterocycles. The first-order valence-corrected chi connectivity index (χ1v) is 8.13. The van der Waals surface area contributed by atoms with E-state index < -0.39 is 0 Å². The van der Waals surface area contributed by atoms with Crippen molar-refractivity contribution < 1.29 is 9.53 Å². The normalized spacial score (nSPS) is 15.1. The van der Waals surface area contributed by atoms with Crippen LogP contribution < -0.4 is 5.56 Å². The van der Waals surface area contributed by atoms with Crippen molar-refractivity contribution in [3.8, 4) is 0 Å². The van der Waals surface area contributed by atoms with Gasteiger partial charge in [-0.25, -0.2) is 0 Å². The van der Waals surface area contributed by atoms with E-state index in [4.69, 9.17) is 4.74 Å². The van der Waals surface area contributed by atoms with Gasteiger partial charge in [-0.05, 0) is 30.9 Å². The molecule has 1 saturated heterocycles. The Bertz CT molecular complexity index is 789. The number of hydrogen-bond acceptors (Lipinski definition) is 3. The lowest BCUT2D eigenvalue weighted by atomic mass is 10.1. The summed E-state index contributed by atoms with van der Waals surface area (Å²) in [7, 11) is 0. The number of amides is 1. The zero-order valence-corrected chi connectivity index (χ0v) is 13.7. The van der Waals surface area contributed by atoms with Crippen molar-refractivity contribution >= 4 is 16.7 Å². The fourth-order valence-electron chi connectivity index (χ4n) is 3.01. The van der Waals surface area contributed by atoms with Crippen LogP contribution in [0.15, 0.2) is 29.1 Å². The van der Waals surface area contributed by atoms with Crippen molar-refractivity contribution in [2.75, 3.05) is 26.3 Å². The molecule has 0 radical (unpaired) electrons. The Morgan fingerprint density at radius 3 is 2.65 bits per heavy atom. The zero-order chi connectivity index (χ0) is 16.4. The average Bonchev–Trinajstić information content (AvgIpc) is 2.58. The molecule has 122 valence electrons. The summed E-state index contributed by atoms with van der Waals surface area (Å²) >= 11 is 0. The molecule has 23 heavy (non-hydrogen) atoms. The number of morpholine rings is 1. The number of pyridine rings is 1. The number of rotatable bonds is 3. The molecule has 5 heteroatoms. The number of carbonyl (C=O) groups excluding carboxylic acids is 1. The first-order chi connectivity index (χ1) is 11.1. The van der Waals surface area contributed by atoms with Crippen LogP contribution in [0.3, 0.4) is 0 Å². The third-order valence-corrected chi connectivity index (χ3v) is 4.23. The second-order valence-electron chi connectivity index (χ2n) is 5.98. The van der Waals surface area contributed by atoms with Gasteiger partial charge in [-0.3, -0.25) is 9.59 Å². The summed E-state index contributed by atoms with van der Waals surface area (Å²) in [6, 6.07) is 7.63. The molecule has 0 spiro atoms. The van der Waals surface area contributed by atoms with Crippen LogP contribution in [0, 0.1) is 6.92 Å². The lowest BCUT2D eigenvalue weighted by Crippen LogP contribution is -2.42. The van der Waals surface area contributed by atoms with Crippen LogP contribution in [0.2, 0.25) is 0 Å². The number of hydrogen-bond donors (Lipinski definition) is 0. The van der Waals surface area contributed by atoms with E-state index in [-0.39, 0.29) is 11.5 Å². The lowest BCUT2D eigenvalue weighted by Gasteiger charge is -2.28. The highest BCUT2D eigenvalue weighted by molar-refractivity contribution is 5.96. The molecule has 0 saturated carbocycles. The molecular weight excluding hydrogens is 292 g/mol. The molecule has 0 atom stereocenters. The minimum absolute atomic E-state index is 0.0790. The van der Waals surface area contributed by atoms with Crippen molar-refractivity contribution in [2.45, 2.75) is 26.8 Å². The van der Waals surface area contributed by atoms with E-state index in [1.54, 1.807) is 9.47 Å². The average molecular weight is 314 g/mol. The van der Waals surface area contributed by atoms with Gasteiger partial charge in [0.05, 0.1) is 13.2 Å². The summed E-state index contributed by atoms with van der Waals surface area (Å²) < 4.78 is 6.93. The van der Waals surface area contributed by atoms with Gasteiger partial charge in [0.1, 0.15) is 5.69 Å². The maximum Gasteiger partial charge on any atom is 0.270 e. The van der Waals surface area contributed by atoms with Gasteiger partial charge in [0, 0.05) is 25.0 Å². The number of carbonyl (C=O) groups is 1. The highest BCUT2D eigenvalue weighted by Gasteiger charge is 2.22. The third kappa shape index (κ3) is 3.01. The number of ether oxygens (including phenoxy) is 1. The van der Waals surface area contributed by atoms with Crippen LogP contribution in [-0.4, -0.2) is 41.7 Å². The Balaban J connectivity index is 2.14. The lowest BCUT2D eigenvalue weighted by molar-refractivity contribution is 0.0295. The highest BCUT2D eigenvalue weighted by Crippen LogP contribution is 2.16. The van der Waals surface area contributed by atoms with Crippen LogP contribution >= 0.6 is 0 Å². The molecular formula is C18H22N2O3. The Kier molecular flexibility index (Phi) is 4.48. The highest BCUT2D eigenvalue weighted by atomic mass is 16.5. The van der Waals surface area contributed by atoms with Crippen LogP contribution in [0.1, 0.15) is 29.4 Å². The van der Waals surface area contributed by atoms with Gasteiger partial charge in [-0.1, -0.05) is 24.6 Å². The van der Waals surface area contributed by atoms with Gasteiger partial charge in [0.2, 0.25) is 0 Å². The van der Waals surface area contributed by atoms with E-state index in [0.29, 0.717) is 43.9 Å². The first kappa shape index (κ1) is 15.7. The molecule has 2 heterocycles. The molecule has 2 aromatic rings. The summed E-state index contributed by atoms with van der Waals surface area (Å²) in [5, 5.41) is 1.50. The third-order valence-electron chi connectivity index (χ3n) is 4.23. The Labute approximate surface area is 135 Å². The largest absolute Gasteiger partial charge is 0.378 e.